The molecule has 0 aliphatic rings. The lowest BCUT2D eigenvalue weighted by atomic mass is 10.1. The first-order chi connectivity index (χ1) is 10.6. The average molecular weight is 305 g/mol. The van der Waals surface area contributed by atoms with E-state index >= 15 is 0 Å². The lowest BCUT2D eigenvalue weighted by molar-refractivity contribution is 0.148. The Morgan fingerprint density at radius 2 is 2.14 bits per heavy atom. The Morgan fingerprint density at radius 3 is 2.86 bits per heavy atom. The smallest absolute Gasteiger partial charge is 0.163 e. The van der Waals surface area contributed by atoms with Crippen LogP contribution in [0.15, 0.2) is 30.7 Å². The third-order valence-electron chi connectivity index (χ3n) is 3.34. The highest BCUT2D eigenvalue weighted by molar-refractivity contribution is 5.85. The van der Waals surface area contributed by atoms with Crippen LogP contribution < -0.4 is 5.32 Å². The summed E-state index contributed by atoms with van der Waals surface area (Å²) in [6.45, 7) is -0.00772. The molecule has 22 heavy (non-hydrogen) atoms. The molecular formula is C14H13F2N5O. The van der Waals surface area contributed by atoms with Crippen molar-refractivity contribution in [3.8, 4) is 0 Å². The number of fused-ring (bicyclic) bond motifs is 1. The molecule has 2 aromatic heterocycles. The topological polar surface area (TPSA) is 75.9 Å². The maximum Gasteiger partial charge on any atom is 0.163 e. The Hall–Kier alpha value is -2.61. The van der Waals surface area contributed by atoms with E-state index in [0.29, 0.717) is 16.9 Å². The summed E-state index contributed by atoms with van der Waals surface area (Å²) in [4.78, 5) is 8.18. The second-order valence-electron chi connectivity index (χ2n) is 4.72. The van der Waals surface area contributed by atoms with Crippen molar-refractivity contribution in [2.75, 3.05) is 12.4 Å². The molecule has 0 amide bonds. The number of rotatable bonds is 4. The number of aromatic nitrogens is 4. The molecular weight excluding hydrogens is 292 g/mol. The number of benzene rings is 1. The molecule has 0 bridgehead atoms. The van der Waals surface area contributed by atoms with Crippen molar-refractivity contribution in [1.82, 2.24) is 19.7 Å². The number of hydrogen-bond donors (Lipinski definition) is 2. The molecule has 2 N–H and O–H groups in total. The van der Waals surface area contributed by atoms with Crippen molar-refractivity contribution in [1.29, 1.82) is 0 Å². The number of anilines is 1. The van der Waals surface area contributed by atoms with Gasteiger partial charge in [-0.25, -0.2) is 23.4 Å². The number of aliphatic hydroxyl groups excluding tert-OH is 1. The standard InChI is InChI=1S/C14H13F2N5O/c1-17-13-10-5-20-21(14(10)19-7-18-13)6-12(22)9-3-2-8(15)4-11(9)16/h2-5,7,12,22H,6H2,1H3,(H,17,18,19). The molecule has 1 aromatic carbocycles. The fourth-order valence-electron chi connectivity index (χ4n) is 2.26. The number of halogens is 2. The number of aliphatic hydroxyl groups is 1. The van der Waals surface area contributed by atoms with E-state index in [2.05, 4.69) is 20.4 Å². The fourth-order valence-corrected chi connectivity index (χ4v) is 2.26. The summed E-state index contributed by atoms with van der Waals surface area (Å²) in [5, 5.41) is 17.9. The zero-order chi connectivity index (χ0) is 15.7. The van der Waals surface area contributed by atoms with Crippen LogP contribution in [0, 0.1) is 11.6 Å². The molecule has 0 saturated carbocycles. The summed E-state index contributed by atoms with van der Waals surface area (Å²) in [6, 6.07) is 3.06. The van der Waals surface area contributed by atoms with Crippen LogP contribution in [-0.2, 0) is 6.54 Å². The summed E-state index contributed by atoms with van der Waals surface area (Å²) in [7, 11) is 1.72. The van der Waals surface area contributed by atoms with Gasteiger partial charge in [0, 0.05) is 18.7 Å². The van der Waals surface area contributed by atoms with Gasteiger partial charge in [0.1, 0.15) is 29.9 Å². The van der Waals surface area contributed by atoms with Gasteiger partial charge in [-0.3, -0.25) is 0 Å². The van der Waals surface area contributed by atoms with E-state index in [9.17, 15) is 13.9 Å². The van der Waals surface area contributed by atoms with Crippen LogP contribution in [0.5, 0.6) is 0 Å². The van der Waals surface area contributed by atoms with Crippen LogP contribution >= 0.6 is 0 Å². The van der Waals surface area contributed by atoms with Gasteiger partial charge in [0.25, 0.3) is 0 Å². The molecule has 0 spiro atoms. The quantitative estimate of drug-likeness (QED) is 0.770. The highest BCUT2D eigenvalue weighted by atomic mass is 19.1. The van der Waals surface area contributed by atoms with Crippen molar-refractivity contribution in [3.63, 3.8) is 0 Å². The van der Waals surface area contributed by atoms with Crippen molar-refractivity contribution >= 4 is 16.9 Å². The summed E-state index contributed by atoms with van der Waals surface area (Å²) in [5.41, 5.74) is 0.522. The number of hydrogen-bond acceptors (Lipinski definition) is 5. The van der Waals surface area contributed by atoms with E-state index in [1.165, 1.54) is 17.1 Å². The SMILES string of the molecule is CNc1ncnc2c1cnn2CC(O)c1ccc(F)cc1F. The number of nitrogens with zero attached hydrogens (tertiary/aromatic N) is 4. The molecule has 3 aromatic rings. The molecule has 2 heterocycles. The van der Waals surface area contributed by atoms with E-state index in [1.54, 1.807) is 13.2 Å². The molecule has 0 aliphatic carbocycles. The Balaban J connectivity index is 1.93. The van der Waals surface area contributed by atoms with Gasteiger partial charge in [-0.15, -0.1) is 0 Å². The molecule has 1 atom stereocenters. The van der Waals surface area contributed by atoms with Crippen LogP contribution in [0.4, 0.5) is 14.6 Å². The zero-order valence-corrected chi connectivity index (χ0v) is 11.7. The van der Waals surface area contributed by atoms with E-state index < -0.39 is 17.7 Å². The maximum absolute atomic E-state index is 13.7. The predicted molar refractivity (Wildman–Crippen MR) is 76.2 cm³/mol. The Kier molecular flexibility index (Phi) is 3.68. The molecule has 0 saturated heterocycles. The molecule has 1 unspecified atom stereocenters. The largest absolute Gasteiger partial charge is 0.386 e. The van der Waals surface area contributed by atoms with Gasteiger partial charge < -0.3 is 10.4 Å². The first kappa shape index (κ1) is 14.3. The van der Waals surface area contributed by atoms with Gasteiger partial charge in [0.2, 0.25) is 0 Å². The first-order valence-electron chi connectivity index (χ1n) is 6.57. The summed E-state index contributed by atoms with van der Waals surface area (Å²) in [6.07, 6.45) is 1.77. The van der Waals surface area contributed by atoms with Gasteiger partial charge in [-0.05, 0) is 6.07 Å². The van der Waals surface area contributed by atoms with Crippen molar-refractivity contribution in [2.24, 2.45) is 0 Å². The lowest BCUT2D eigenvalue weighted by Gasteiger charge is -2.12. The van der Waals surface area contributed by atoms with Gasteiger partial charge in [0.05, 0.1) is 18.1 Å². The highest BCUT2D eigenvalue weighted by Crippen LogP contribution is 2.23. The Labute approximate surface area is 124 Å². The van der Waals surface area contributed by atoms with E-state index in [-0.39, 0.29) is 12.1 Å². The summed E-state index contributed by atoms with van der Waals surface area (Å²) in [5.74, 6) is -0.877. The Bertz CT molecular complexity index is 820. The monoisotopic (exact) mass is 305 g/mol. The summed E-state index contributed by atoms with van der Waals surface area (Å²) < 4.78 is 28.1. The van der Waals surface area contributed by atoms with Crippen LogP contribution in [0.25, 0.3) is 11.0 Å². The molecule has 114 valence electrons. The van der Waals surface area contributed by atoms with Crippen molar-refractivity contribution < 1.29 is 13.9 Å². The van der Waals surface area contributed by atoms with Gasteiger partial charge in [-0.2, -0.15) is 5.10 Å². The maximum atomic E-state index is 13.7. The normalized spacial score (nSPS) is 12.5. The minimum Gasteiger partial charge on any atom is -0.386 e. The van der Waals surface area contributed by atoms with Gasteiger partial charge in [0.15, 0.2) is 5.65 Å². The van der Waals surface area contributed by atoms with Crippen molar-refractivity contribution in [3.05, 3.63) is 47.9 Å². The van der Waals surface area contributed by atoms with Gasteiger partial charge >= 0.3 is 0 Å². The minimum absolute atomic E-state index is 0.00736. The summed E-state index contributed by atoms with van der Waals surface area (Å²) >= 11 is 0. The van der Waals surface area contributed by atoms with Crippen LogP contribution in [0.2, 0.25) is 0 Å². The minimum atomic E-state index is -1.17. The average Bonchev–Trinajstić information content (AvgIpc) is 2.90. The predicted octanol–water partition coefficient (Wildman–Crippen LogP) is 1.88. The van der Waals surface area contributed by atoms with Crippen LogP contribution in [0.3, 0.4) is 0 Å². The Morgan fingerprint density at radius 1 is 1.32 bits per heavy atom. The zero-order valence-electron chi connectivity index (χ0n) is 11.7. The van der Waals surface area contributed by atoms with Crippen LogP contribution in [-0.4, -0.2) is 31.9 Å². The van der Waals surface area contributed by atoms with Crippen molar-refractivity contribution in [2.45, 2.75) is 12.6 Å². The molecule has 0 fully saturated rings. The first-order valence-corrected chi connectivity index (χ1v) is 6.57. The molecule has 6 nitrogen and oxygen atoms in total. The van der Waals surface area contributed by atoms with Gasteiger partial charge in [-0.1, -0.05) is 6.07 Å². The molecule has 3 rings (SSSR count). The fraction of sp³-hybridized carbons (Fsp3) is 0.214. The third kappa shape index (κ3) is 2.48. The second kappa shape index (κ2) is 5.64. The molecule has 0 aliphatic heterocycles. The van der Waals surface area contributed by atoms with Crippen LogP contribution in [0.1, 0.15) is 11.7 Å². The lowest BCUT2D eigenvalue weighted by Crippen LogP contribution is -2.12. The van der Waals surface area contributed by atoms with E-state index in [1.807, 2.05) is 0 Å². The number of nitrogens with one attached hydrogen (secondary N) is 1. The molecule has 8 heteroatoms. The second-order valence-corrected chi connectivity index (χ2v) is 4.72. The molecule has 0 radical (unpaired) electrons. The van der Waals surface area contributed by atoms with E-state index in [4.69, 9.17) is 0 Å². The third-order valence-corrected chi connectivity index (χ3v) is 3.34. The highest BCUT2D eigenvalue weighted by Gasteiger charge is 2.17. The van der Waals surface area contributed by atoms with E-state index in [0.717, 1.165) is 12.1 Å².